The SMILES string of the molecule is CC1(C)C2OCCC2C1(N)CN1CCCSCC1. The highest BCUT2D eigenvalue weighted by Crippen LogP contribution is 2.58. The molecule has 2 heterocycles. The molecular formula is C14H26N2OS. The topological polar surface area (TPSA) is 38.5 Å². The average molecular weight is 270 g/mol. The number of nitrogens with two attached hydrogens (primary N) is 1. The fourth-order valence-corrected chi connectivity index (χ4v) is 5.05. The van der Waals surface area contributed by atoms with E-state index in [1.54, 1.807) is 0 Å². The lowest BCUT2D eigenvalue weighted by atomic mass is 9.48. The molecule has 2 aliphatic heterocycles. The van der Waals surface area contributed by atoms with Crippen molar-refractivity contribution >= 4 is 11.8 Å². The second-order valence-electron chi connectivity index (χ2n) is 6.69. The Balaban J connectivity index is 1.70. The molecule has 0 aromatic carbocycles. The summed E-state index contributed by atoms with van der Waals surface area (Å²) in [6, 6.07) is 0. The lowest BCUT2D eigenvalue weighted by molar-refractivity contribution is -0.162. The number of fused-ring (bicyclic) bond motifs is 1. The normalized spacial score (nSPS) is 44.2. The second kappa shape index (κ2) is 4.65. The second-order valence-corrected chi connectivity index (χ2v) is 7.92. The fraction of sp³-hybridized carbons (Fsp3) is 1.00. The van der Waals surface area contributed by atoms with Crippen molar-refractivity contribution in [1.29, 1.82) is 0 Å². The van der Waals surface area contributed by atoms with Crippen molar-refractivity contribution < 1.29 is 4.74 Å². The number of rotatable bonds is 2. The van der Waals surface area contributed by atoms with Crippen LogP contribution < -0.4 is 5.73 Å². The summed E-state index contributed by atoms with van der Waals surface area (Å²) in [5.74, 6) is 3.16. The first kappa shape index (κ1) is 13.2. The number of nitrogens with zero attached hydrogens (tertiary/aromatic N) is 1. The summed E-state index contributed by atoms with van der Waals surface area (Å²) in [5, 5.41) is 0. The third-order valence-corrected chi connectivity index (χ3v) is 6.51. The van der Waals surface area contributed by atoms with Crippen molar-refractivity contribution in [3.8, 4) is 0 Å². The molecule has 2 saturated heterocycles. The van der Waals surface area contributed by atoms with E-state index in [4.69, 9.17) is 10.5 Å². The van der Waals surface area contributed by atoms with Crippen LogP contribution in [0.1, 0.15) is 26.7 Å². The zero-order valence-electron chi connectivity index (χ0n) is 11.7. The molecule has 3 atom stereocenters. The zero-order valence-corrected chi connectivity index (χ0v) is 12.5. The van der Waals surface area contributed by atoms with Gasteiger partial charge in [-0.05, 0) is 25.1 Å². The van der Waals surface area contributed by atoms with Crippen molar-refractivity contribution in [1.82, 2.24) is 4.90 Å². The number of ether oxygens (including phenoxy) is 1. The Morgan fingerprint density at radius 3 is 3.00 bits per heavy atom. The van der Waals surface area contributed by atoms with Crippen molar-refractivity contribution in [3.63, 3.8) is 0 Å². The Morgan fingerprint density at radius 1 is 1.33 bits per heavy atom. The van der Waals surface area contributed by atoms with E-state index in [0.29, 0.717) is 12.0 Å². The lowest BCUT2D eigenvalue weighted by Gasteiger charge is -2.63. The molecule has 3 aliphatic rings. The van der Waals surface area contributed by atoms with Gasteiger partial charge in [-0.3, -0.25) is 0 Å². The molecule has 4 heteroatoms. The van der Waals surface area contributed by atoms with Gasteiger partial charge in [0.15, 0.2) is 0 Å². The fourth-order valence-electron chi connectivity index (χ4n) is 4.12. The zero-order chi connectivity index (χ0) is 12.8. The quantitative estimate of drug-likeness (QED) is 0.826. The van der Waals surface area contributed by atoms with Crippen LogP contribution in [0.15, 0.2) is 0 Å². The monoisotopic (exact) mass is 270 g/mol. The molecule has 0 amide bonds. The Kier molecular flexibility index (Phi) is 3.42. The van der Waals surface area contributed by atoms with E-state index in [0.717, 1.165) is 19.6 Å². The molecule has 3 rings (SSSR count). The summed E-state index contributed by atoms with van der Waals surface area (Å²) in [4.78, 5) is 2.59. The molecule has 0 bridgehead atoms. The van der Waals surface area contributed by atoms with E-state index in [9.17, 15) is 0 Å². The smallest absolute Gasteiger partial charge is 0.0691 e. The maximum absolute atomic E-state index is 6.82. The van der Waals surface area contributed by atoms with Crippen LogP contribution in [0.5, 0.6) is 0 Å². The number of hydrogen-bond acceptors (Lipinski definition) is 4. The molecule has 2 N–H and O–H groups in total. The molecule has 1 saturated carbocycles. The Hall–Kier alpha value is 0.230. The maximum atomic E-state index is 6.82. The molecule has 0 aromatic heterocycles. The third-order valence-electron chi connectivity index (χ3n) is 5.46. The molecule has 3 unspecified atom stereocenters. The largest absolute Gasteiger partial charge is 0.377 e. The highest BCUT2D eigenvalue weighted by Gasteiger charge is 2.67. The van der Waals surface area contributed by atoms with Gasteiger partial charge in [0.25, 0.3) is 0 Å². The van der Waals surface area contributed by atoms with E-state index < -0.39 is 0 Å². The number of thioether (sulfide) groups is 1. The van der Waals surface area contributed by atoms with Crippen LogP contribution in [0, 0.1) is 11.3 Å². The molecule has 0 radical (unpaired) electrons. The summed E-state index contributed by atoms with van der Waals surface area (Å²) in [6.07, 6.45) is 2.88. The third kappa shape index (κ3) is 1.84. The van der Waals surface area contributed by atoms with Crippen molar-refractivity contribution in [2.75, 3.05) is 37.7 Å². The van der Waals surface area contributed by atoms with Crippen molar-refractivity contribution in [2.45, 2.75) is 38.3 Å². The molecule has 1 aliphatic carbocycles. The molecule has 3 nitrogen and oxygen atoms in total. The van der Waals surface area contributed by atoms with E-state index >= 15 is 0 Å². The standard InChI is InChI=1S/C14H26N2OS/c1-13(2)12-11(4-7-17-12)14(13,15)10-16-5-3-8-18-9-6-16/h11-12H,3-10,15H2,1-2H3. The van der Waals surface area contributed by atoms with Crippen LogP contribution >= 0.6 is 11.8 Å². The van der Waals surface area contributed by atoms with Crippen molar-refractivity contribution in [3.05, 3.63) is 0 Å². The summed E-state index contributed by atoms with van der Waals surface area (Å²) in [6.45, 7) is 9.00. The van der Waals surface area contributed by atoms with E-state index in [1.165, 1.54) is 31.0 Å². The first-order valence-electron chi connectivity index (χ1n) is 7.26. The van der Waals surface area contributed by atoms with Crippen LogP contribution in [0.4, 0.5) is 0 Å². The average Bonchev–Trinajstić information content (AvgIpc) is 2.68. The minimum absolute atomic E-state index is 0.0385. The highest BCUT2D eigenvalue weighted by molar-refractivity contribution is 7.99. The van der Waals surface area contributed by atoms with Gasteiger partial charge in [-0.25, -0.2) is 0 Å². The van der Waals surface area contributed by atoms with Gasteiger partial charge < -0.3 is 15.4 Å². The van der Waals surface area contributed by atoms with Gasteiger partial charge in [0.2, 0.25) is 0 Å². The molecule has 0 aromatic rings. The molecule has 104 valence electrons. The highest BCUT2D eigenvalue weighted by atomic mass is 32.2. The van der Waals surface area contributed by atoms with Gasteiger partial charge in [-0.2, -0.15) is 11.8 Å². The Labute approximate surface area is 115 Å². The molecule has 18 heavy (non-hydrogen) atoms. The van der Waals surface area contributed by atoms with E-state index in [1.807, 2.05) is 0 Å². The van der Waals surface area contributed by atoms with Gasteiger partial charge in [0.05, 0.1) is 6.10 Å². The molecular weight excluding hydrogens is 244 g/mol. The Morgan fingerprint density at radius 2 is 2.17 bits per heavy atom. The van der Waals surface area contributed by atoms with Gasteiger partial charge in [-0.1, -0.05) is 13.8 Å². The minimum Gasteiger partial charge on any atom is -0.377 e. The summed E-state index contributed by atoms with van der Waals surface area (Å²) < 4.78 is 5.87. The predicted molar refractivity (Wildman–Crippen MR) is 76.9 cm³/mol. The van der Waals surface area contributed by atoms with E-state index in [-0.39, 0.29) is 11.0 Å². The summed E-state index contributed by atoms with van der Waals surface area (Å²) in [7, 11) is 0. The van der Waals surface area contributed by atoms with E-state index in [2.05, 4.69) is 30.5 Å². The van der Waals surface area contributed by atoms with Crippen LogP contribution in [0.3, 0.4) is 0 Å². The first-order valence-corrected chi connectivity index (χ1v) is 8.42. The molecule has 0 spiro atoms. The van der Waals surface area contributed by atoms with Crippen LogP contribution in [0.25, 0.3) is 0 Å². The number of hydrogen-bond donors (Lipinski definition) is 1. The van der Waals surface area contributed by atoms with Crippen LogP contribution in [0.2, 0.25) is 0 Å². The predicted octanol–water partition coefficient (Wildman–Crippen LogP) is 1.57. The van der Waals surface area contributed by atoms with Crippen molar-refractivity contribution in [2.24, 2.45) is 17.1 Å². The van der Waals surface area contributed by atoms with Gasteiger partial charge in [-0.15, -0.1) is 0 Å². The minimum atomic E-state index is -0.0385. The van der Waals surface area contributed by atoms with Gasteiger partial charge in [0, 0.05) is 42.3 Å². The van der Waals surface area contributed by atoms with Gasteiger partial charge in [0.1, 0.15) is 0 Å². The lowest BCUT2D eigenvalue weighted by Crippen LogP contribution is -2.78. The summed E-state index contributed by atoms with van der Waals surface area (Å²) >= 11 is 2.08. The van der Waals surface area contributed by atoms with Crippen LogP contribution in [-0.2, 0) is 4.74 Å². The summed E-state index contributed by atoms with van der Waals surface area (Å²) in [5.41, 5.74) is 6.91. The molecule has 3 fully saturated rings. The first-order chi connectivity index (χ1) is 8.56. The van der Waals surface area contributed by atoms with Crippen LogP contribution in [-0.4, -0.2) is 54.3 Å². The Bertz CT molecular complexity index is 315. The van der Waals surface area contributed by atoms with Gasteiger partial charge >= 0.3 is 0 Å². The maximum Gasteiger partial charge on any atom is 0.0691 e.